The van der Waals surface area contributed by atoms with Gasteiger partial charge in [0, 0.05) is 12.0 Å². The van der Waals surface area contributed by atoms with Crippen LogP contribution >= 0.6 is 0 Å². The van der Waals surface area contributed by atoms with Crippen molar-refractivity contribution in [2.24, 2.45) is 5.92 Å². The third-order valence-electron chi connectivity index (χ3n) is 2.37. The summed E-state index contributed by atoms with van der Waals surface area (Å²) in [7, 11) is 0. The molecule has 0 saturated heterocycles. The number of aliphatic hydroxyl groups excluding tert-OH is 1. The number of rotatable bonds is 2. The molecule has 0 unspecified atom stereocenters. The lowest BCUT2D eigenvalue weighted by molar-refractivity contribution is -0.112. The van der Waals surface area contributed by atoms with Crippen LogP contribution in [0.4, 0.5) is 0 Å². The summed E-state index contributed by atoms with van der Waals surface area (Å²) in [5, 5.41) is 9.48. The molecule has 2 heteroatoms. The third kappa shape index (κ3) is 2.68. The Balaban J connectivity index is 2.49. The van der Waals surface area contributed by atoms with E-state index in [0.29, 0.717) is 5.76 Å². The Morgan fingerprint density at radius 2 is 1.92 bits per heavy atom. The molecule has 1 aliphatic carbocycles. The van der Waals surface area contributed by atoms with Crippen LogP contribution in [0.3, 0.4) is 0 Å². The summed E-state index contributed by atoms with van der Waals surface area (Å²) in [4.78, 5) is 10.7. The number of allylic oxidation sites excluding steroid dienone is 2. The van der Waals surface area contributed by atoms with Gasteiger partial charge in [-0.15, -0.1) is 0 Å². The van der Waals surface area contributed by atoms with Crippen LogP contribution < -0.4 is 0 Å². The fourth-order valence-corrected chi connectivity index (χ4v) is 1.72. The van der Waals surface area contributed by atoms with Crippen LogP contribution in [0.25, 0.3) is 0 Å². The molecule has 12 heavy (non-hydrogen) atoms. The quantitative estimate of drug-likeness (QED) is 0.508. The van der Waals surface area contributed by atoms with E-state index < -0.39 is 0 Å². The Bertz CT molecular complexity index is 188. The number of aliphatic hydroxyl groups is 1. The van der Waals surface area contributed by atoms with Gasteiger partial charge in [0.2, 0.25) is 0 Å². The predicted molar refractivity (Wildman–Crippen MR) is 48.0 cm³/mol. The van der Waals surface area contributed by atoms with Gasteiger partial charge >= 0.3 is 0 Å². The lowest BCUT2D eigenvalue weighted by Gasteiger charge is -2.20. The van der Waals surface area contributed by atoms with Gasteiger partial charge in [-0.3, -0.25) is 4.79 Å². The summed E-state index contributed by atoms with van der Waals surface area (Å²) >= 11 is 0. The SMILES string of the molecule is CC(=O)/C=C(\O)C1CCCCC1. The van der Waals surface area contributed by atoms with E-state index in [1.54, 1.807) is 0 Å². The second-order valence-electron chi connectivity index (χ2n) is 3.51. The molecule has 0 aromatic heterocycles. The molecular formula is C10H16O2. The first-order chi connectivity index (χ1) is 5.70. The molecule has 0 amide bonds. The summed E-state index contributed by atoms with van der Waals surface area (Å²) in [6.45, 7) is 1.47. The largest absolute Gasteiger partial charge is 0.512 e. The van der Waals surface area contributed by atoms with Crippen molar-refractivity contribution in [2.75, 3.05) is 0 Å². The van der Waals surface area contributed by atoms with E-state index in [1.807, 2.05) is 0 Å². The fourth-order valence-electron chi connectivity index (χ4n) is 1.72. The number of carbonyl (C=O) groups excluding carboxylic acids is 1. The highest BCUT2D eigenvalue weighted by Gasteiger charge is 2.17. The smallest absolute Gasteiger partial charge is 0.155 e. The zero-order valence-corrected chi connectivity index (χ0v) is 7.55. The van der Waals surface area contributed by atoms with Crippen molar-refractivity contribution >= 4 is 5.78 Å². The summed E-state index contributed by atoms with van der Waals surface area (Å²) in [6, 6.07) is 0. The minimum absolute atomic E-state index is 0.0573. The van der Waals surface area contributed by atoms with Crippen molar-refractivity contribution in [1.82, 2.24) is 0 Å². The highest BCUT2D eigenvalue weighted by molar-refractivity contribution is 5.87. The molecule has 0 radical (unpaired) electrons. The molecule has 1 rings (SSSR count). The van der Waals surface area contributed by atoms with Gasteiger partial charge in [0.15, 0.2) is 5.78 Å². The van der Waals surface area contributed by atoms with Crippen molar-refractivity contribution in [3.63, 3.8) is 0 Å². The van der Waals surface area contributed by atoms with Crippen LogP contribution in [-0.2, 0) is 4.79 Å². The lowest BCUT2D eigenvalue weighted by atomic mass is 9.87. The average molecular weight is 168 g/mol. The molecule has 68 valence electrons. The molecule has 1 saturated carbocycles. The van der Waals surface area contributed by atoms with Crippen molar-refractivity contribution < 1.29 is 9.90 Å². The van der Waals surface area contributed by atoms with E-state index in [4.69, 9.17) is 0 Å². The molecule has 0 bridgehead atoms. The molecule has 1 N–H and O–H groups in total. The Morgan fingerprint density at radius 1 is 1.33 bits per heavy atom. The molecule has 1 fully saturated rings. The van der Waals surface area contributed by atoms with E-state index >= 15 is 0 Å². The molecule has 2 nitrogen and oxygen atoms in total. The highest BCUT2D eigenvalue weighted by atomic mass is 16.3. The number of hydrogen-bond donors (Lipinski definition) is 1. The normalized spacial score (nSPS) is 20.9. The molecule has 0 spiro atoms. The number of carbonyl (C=O) groups is 1. The summed E-state index contributed by atoms with van der Waals surface area (Å²) in [5.74, 6) is 0.489. The molecular weight excluding hydrogens is 152 g/mol. The Labute approximate surface area is 73.3 Å². The number of hydrogen-bond acceptors (Lipinski definition) is 2. The summed E-state index contributed by atoms with van der Waals surface area (Å²) < 4.78 is 0. The zero-order chi connectivity index (χ0) is 8.97. The van der Waals surface area contributed by atoms with Crippen LogP contribution in [0.15, 0.2) is 11.8 Å². The fraction of sp³-hybridized carbons (Fsp3) is 0.700. The minimum Gasteiger partial charge on any atom is -0.512 e. The van der Waals surface area contributed by atoms with Crippen molar-refractivity contribution in [3.05, 3.63) is 11.8 Å². The van der Waals surface area contributed by atoms with Crippen molar-refractivity contribution in [2.45, 2.75) is 39.0 Å². The number of ketones is 1. The summed E-state index contributed by atoms with van der Waals surface area (Å²) in [5.41, 5.74) is 0. The monoisotopic (exact) mass is 168 g/mol. The highest BCUT2D eigenvalue weighted by Crippen LogP contribution is 2.28. The predicted octanol–water partition coefficient (Wildman–Crippen LogP) is 2.60. The van der Waals surface area contributed by atoms with E-state index in [0.717, 1.165) is 12.8 Å². The van der Waals surface area contributed by atoms with Gasteiger partial charge in [0.05, 0.1) is 5.76 Å². The molecule has 1 aliphatic rings. The summed E-state index contributed by atoms with van der Waals surface area (Å²) in [6.07, 6.45) is 7.06. The second kappa shape index (κ2) is 4.29. The van der Waals surface area contributed by atoms with Gasteiger partial charge < -0.3 is 5.11 Å². The maximum absolute atomic E-state index is 10.7. The zero-order valence-electron chi connectivity index (χ0n) is 7.55. The van der Waals surface area contributed by atoms with Gasteiger partial charge in [-0.25, -0.2) is 0 Å². The van der Waals surface area contributed by atoms with E-state index in [2.05, 4.69) is 0 Å². The van der Waals surface area contributed by atoms with Crippen LogP contribution in [0, 0.1) is 5.92 Å². The van der Waals surface area contributed by atoms with E-state index in [1.165, 1.54) is 32.3 Å². The third-order valence-corrected chi connectivity index (χ3v) is 2.37. The molecule has 0 aromatic rings. The standard InChI is InChI=1S/C10H16O2/c1-8(11)7-10(12)9-5-3-2-4-6-9/h7,9,12H,2-6H2,1H3/b10-7-. The van der Waals surface area contributed by atoms with Gasteiger partial charge in [0.25, 0.3) is 0 Å². The van der Waals surface area contributed by atoms with Crippen molar-refractivity contribution in [3.8, 4) is 0 Å². The lowest BCUT2D eigenvalue weighted by Crippen LogP contribution is -2.09. The minimum atomic E-state index is -0.0573. The molecule has 0 aliphatic heterocycles. The Kier molecular flexibility index (Phi) is 3.32. The topological polar surface area (TPSA) is 37.3 Å². The maximum atomic E-state index is 10.7. The van der Waals surface area contributed by atoms with E-state index in [-0.39, 0.29) is 11.7 Å². The molecule has 0 heterocycles. The molecule has 0 aromatic carbocycles. The maximum Gasteiger partial charge on any atom is 0.155 e. The van der Waals surface area contributed by atoms with Crippen LogP contribution in [0.2, 0.25) is 0 Å². The van der Waals surface area contributed by atoms with Gasteiger partial charge in [0.1, 0.15) is 0 Å². The van der Waals surface area contributed by atoms with Gasteiger partial charge in [-0.05, 0) is 19.8 Å². The first kappa shape index (κ1) is 9.30. The first-order valence-corrected chi connectivity index (χ1v) is 4.61. The second-order valence-corrected chi connectivity index (χ2v) is 3.51. The molecule has 0 atom stereocenters. The van der Waals surface area contributed by atoms with Gasteiger partial charge in [-0.2, -0.15) is 0 Å². The van der Waals surface area contributed by atoms with Crippen molar-refractivity contribution in [1.29, 1.82) is 0 Å². The Morgan fingerprint density at radius 3 is 2.42 bits per heavy atom. The van der Waals surface area contributed by atoms with Crippen LogP contribution in [-0.4, -0.2) is 10.9 Å². The van der Waals surface area contributed by atoms with E-state index in [9.17, 15) is 9.90 Å². The van der Waals surface area contributed by atoms with Crippen LogP contribution in [0.5, 0.6) is 0 Å². The average Bonchev–Trinajstić information content (AvgIpc) is 2.05. The Hall–Kier alpha value is -0.790. The first-order valence-electron chi connectivity index (χ1n) is 4.61. The van der Waals surface area contributed by atoms with Crippen LogP contribution in [0.1, 0.15) is 39.0 Å². The van der Waals surface area contributed by atoms with Gasteiger partial charge in [-0.1, -0.05) is 19.3 Å².